The van der Waals surface area contributed by atoms with E-state index in [1.54, 1.807) is 0 Å². The maximum absolute atomic E-state index is 9.92. The topological polar surface area (TPSA) is 69.4 Å². The minimum atomic E-state index is -0.639. The van der Waals surface area contributed by atoms with Gasteiger partial charge in [0.25, 0.3) is 5.91 Å². The van der Waals surface area contributed by atoms with Crippen LogP contribution in [0.5, 0.6) is 0 Å². The smallest absolute Gasteiger partial charge is 0.303 e. The number of amides is 1. The average Bonchev–Trinajstić information content (AvgIpc) is 1.61. The van der Waals surface area contributed by atoms with Gasteiger partial charge in [0.1, 0.15) is 0 Å². The van der Waals surface area contributed by atoms with Crippen molar-refractivity contribution in [1.82, 2.24) is 0 Å². The number of esters is 1. The first-order valence-electron chi connectivity index (χ1n) is 2.04. The summed E-state index contributed by atoms with van der Waals surface area (Å²) in [6, 6.07) is 0. The van der Waals surface area contributed by atoms with Crippen LogP contribution in [-0.2, 0) is 14.3 Å². The molecule has 4 nitrogen and oxygen atoms in total. The third-order valence-electron chi connectivity index (χ3n) is 0.418. The summed E-state index contributed by atoms with van der Waals surface area (Å²) in [7, 11) is 0. The van der Waals surface area contributed by atoms with Gasteiger partial charge in [-0.3, -0.25) is 9.59 Å². The van der Waals surface area contributed by atoms with Crippen molar-refractivity contribution in [3.05, 3.63) is 0 Å². The summed E-state index contributed by atoms with van der Waals surface area (Å²) in [5, 5.41) is 0. The molecule has 0 radical (unpaired) electrons. The number of carbonyl (C=O) groups excluding carboxylic acids is 2. The summed E-state index contributed by atoms with van der Waals surface area (Å²) < 4.78 is 4.19. The predicted molar refractivity (Wildman–Crippen MR) is 33.1 cm³/mol. The molecule has 9 heavy (non-hydrogen) atoms. The van der Waals surface area contributed by atoms with Crippen molar-refractivity contribution in [1.29, 1.82) is 0 Å². The Morgan fingerprint density at radius 2 is 2.00 bits per heavy atom. The molecule has 0 aromatic carbocycles. The van der Waals surface area contributed by atoms with E-state index < -0.39 is 11.9 Å². The molecule has 0 heterocycles. The van der Waals surface area contributed by atoms with E-state index in [2.05, 4.69) is 10.5 Å². The van der Waals surface area contributed by atoms with Crippen LogP contribution in [0.25, 0.3) is 0 Å². The summed E-state index contributed by atoms with van der Waals surface area (Å²) in [4.78, 5) is 19.8. The van der Waals surface area contributed by atoms with E-state index in [4.69, 9.17) is 0 Å². The Kier molecular flexibility index (Phi) is 6.61. The van der Waals surface area contributed by atoms with Crippen molar-refractivity contribution >= 4 is 24.3 Å². The molecule has 54 valence electrons. The Hall–Kier alpha value is -0.770. The number of primary amides is 1. The second kappa shape index (κ2) is 5.37. The fraction of sp³-hybridized carbons (Fsp3) is 0.500. The van der Waals surface area contributed by atoms with Crippen molar-refractivity contribution in [2.24, 2.45) is 5.73 Å². The normalized spacial score (nSPS) is 7.22. The number of halogens is 1. The molecule has 0 aliphatic carbocycles. The zero-order valence-electron chi connectivity index (χ0n) is 4.92. The second-order valence-corrected chi connectivity index (χ2v) is 1.25. The number of hydrogen-bond donors (Lipinski definition) is 1. The molecule has 1 amide bonds. The van der Waals surface area contributed by atoms with Crippen LogP contribution in [0.15, 0.2) is 0 Å². The lowest BCUT2D eigenvalue weighted by Gasteiger charge is -1.93. The van der Waals surface area contributed by atoms with Crippen molar-refractivity contribution in [3.8, 4) is 0 Å². The van der Waals surface area contributed by atoms with Crippen LogP contribution < -0.4 is 5.73 Å². The predicted octanol–water partition coefficient (Wildman–Crippen LogP) is -0.543. The molecule has 0 aromatic rings. The average molecular weight is 154 g/mol. The van der Waals surface area contributed by atoms with Gasteiger partial charge in [0, 0.05) is 6.92 Å². The van der Waals surface area contributed by atoms with Gasteiger partial charge in [0.05, 0.1) is 0 Å². The van der Waals surface area contributed by atoms with Crippen LogP contribution in [0.4, 0.5) is 0 Å². The molecule has 0 unspecified atom stereocenters. The lowest BCUT2D eigenvalue weighted by atomic mass is 10.7. The number of carbonyl (C=O) groups is 2. The Morgan fingerprint density at radius 1 is 1.56 bits per heavy atom. The molecular formula is C4H8ClNO3. The summed E-state index contributed by atoms with van der Waals surface area (Å²) in [5.74, 6) is -1.14. The summed E-state index contributed by atoms with van der Waals surface area (Å²) in [6.45, 7) is 0.887. The van der Waals surface area contributed by atoms with Gasteiger partial charge in [0.2, 0.25) is 0 Å². The zero-order chi connectivity index (χ0) is 6.57. The maximum Gasteiger partial charge on any atom is 0.303 e. The van der Waals surface area contributed by atoms with Crippen molar-refractivity contribution in [3.63, 3.8) is 0 Å². The van der Waals surface area contributed by atoms with Crippen LogP contribution in [0, 0.1) is 0 Å². The zero-order valence-corrected chi connectivity index (χ0v) is 5.73. The van der Waals surface area contributed by atoms with E-state index in [1.807, 2.05) is 0 Å². The molecular weight excluding hydrogens is 146 g/mol. The standard InChI is InChI=1S/C4H7NO3.ClH/c1-3(6)8-2-4(5)7;/h2H2,1H3,(H2,5,7);1H. The minimum Gasteiger partial charge on any atom is -0.456 e. The van der Waals surface area contributed by atoms with Crippen molar-refractivity contribution < 1.29 is 14.3 Å². The maximum atomic E-state index is 9.92. The Bertz CT molecular complexity index is 100. The van der Waals surface area contributed by atoms with Gasteiger partial charge >= 0.3 is 5.97 Å². The summed E-state index contributed by atoms with van der Waals surface area (Å²) in [5.41, 5.74) is 4.62. The quantitative estimate of drug-likeness (QED) is 0.542. The van der Waals surface area contributed by atoms with Gasteiger partial charge in [-0.15, -0.1) is 12.4 Å². The van der Waals surface area contributed by atoms with E-state index in [9.17, 15) is 9.59 Å². The first-order chi connectivity index (χ1) is 3.63. The van der Waals surface area contributed by atoms with Gasteiger partial charge in [-0.1, -0.05) is 0 Å². The first kappa shape index (κ1) is 11.1. The van der Waals surface area contributed by atoms with E-state index in [0.29, 0.717) is 0 Å². The highest BCUT2D eigenvalue weighted by atomic mass is 35.5. The van der Waals surface area contributed by atoms with Gasteiger partial charge in [-0.25, -0.2) is 0 Å². The fourth-order valence-corrected chi connectivity index (χ4v) is 0.173. The Labute approximate surface area is 58.8 Å². The number of ether oxygens (including phenoxy) is 1. The largest absolute Gasteiger partial charge is 0.456 e. The molecule has 0 rings (SSSR count). The third kappa shape index (κ3) is 11.1. The van der Waals surface area contributed by atoms with Crippen molar-refractivity contribution in [2.75, 3.05) is 6.61 Å². The molecule has 2 N–H and O–H groups in total. The van der Waals surface area contributed by atoms with E-state index in [1.165, 1.54) is 6.92 Å². The van der Waals surface area contributed by atoms with Gasteiger partial charge in [0.15, 0.2) is 6.61 Å². The van der Waals surface area contributed by atoms with Crippen LogP contribution >= 0.6 is 12.4 Å². The highest BCUT2D eigenvalue weighted by molar-refractivity contribution is 5.85. The molecule has 0 aromatic heterocycles. The fourth-order valence-electron chi connectivity index (χ4n) is 0.173. The monoisotopic (exact) mass is 153 g/mol. The molecule has 0 fully saturated rings. The first-order valence-corrected chi connectivity index (χ1v) is 2.04. The summed E-state index contributed by atoms with van der Waals surface area (Å²) in [6.07, 6.45) is 0. The lowest BCUT2D eigenvalue weighted by Crippen LogP contribution is -2.19. The minimum absolute atomic E-state index is 0. The molecule has 5 heteroatoms. The molecule has 0 atom stereocenters. The van der Waals surface area contributed by atoms with Gasteiger partial charge < -0.3 is 10.5 Å². The number of rotatable bonds is 2. The Balaban J connectivity index is 0. The third-order valence-corrected chi connectivity index (χ3v) is 0.418. The van der Waals surface area contributed by atoms with Crippen LogP contribution in [0.3, 0.4) is 0 Å². The van der Waals surface area contributed by atoms with Gasteiger partial charge in [-0.05, 0) is 0 Å². The van der Waals surface area contributed by atoms with Crippen molar-refractivity contribution in [2.45, 2.75) is 6.92 Å². The van der Waals surface area contributed by atoms with Crippen LogP contribution in [-0.4, -0.2) is 18.5 Å². The second-order valence-electron chi connectivity index (χ2n) is 1.25. The molecule has 0 bridgehead atoms. The highest BCUT2D eigenvalue weighted by Crippen LogP contribution is 1.71. The SMILES string of the molecule is CC(=O)OCC(N)=O.Cl. The van der Waals surface area contributed by atoms with E-state index >= 15 is 0 Å². The van der Waals surface area contributed by atoms with Gasteiger partial charge in [-0.2, -0.15) is 0 Å². The Morgan fingerprint density at radius 3 is 2.11 bits per heavy atom. The summed E-state index contributed by atoms with van der Waals surface area (Å²) >= 11 is 0. The molecule has 0 saturated carbocycles. The number of hydrogen-bond acceptors (Lipinski definition) is 3. The van der Waals surface area contributed by atoms with E-state index in [0.717, 1.165) is 0 Å². The van der Waals surface area contributed by atoms with E-state index in [-0.39, 0.29) is 19.0 Å². The molecule has 0 spiro atoms. The van der Waals surface area contributed by atoms with Crippen LogP contribution in [0.1, 0.15) is 6.92 Å². The lowest BCUT2D eigenvalue weighted by molar-refractivity contribution is -0.145. The highest BCUT2D eigenvalue weighted by Gasteiger charge is 1.94. The molecule has 0 aliphatic heterocycles. The number of nitrogens with two attached hydrogens (primary N) is 1. The van der Waals surface area contributed by atoms with Crippen LogP contribution in [0.2, 0.25) is 0 Å². The molecule has 0 aliphatic rings. The molecule has 0 saturated heterocycles.